The number of hydrogen-bond donors (Lipinski definition) is 1. The zero-order valence-corrected chi connectivity index (χ0v) is 18.5. The van der Waals surface area contributed by atoms with Gasteiger partial charge in [0.1, 0.15) is 22.5 Å². The van der Waals surface area contributed by atoms with Gasteiger partial charge in [0, 0.05) is 11.1 Å². The van der Waals surface area contributed by atoms with Gasteiger partial charge in [-0.15, -0.1) is 0 Å². The fourth-order valence-corrected chi connectivity index (χ4v) is 4.87. The normalized spacial score (nSPS) is 14.7. The van der Waals surface area contributed by atoms with Crippen molar-refractivity contribution < 1.29 is 22.3 Å². The molecule has 0 fully saturated rings. The molecule has 5 nitrogen and oxygen atoms in total. The second-order valence-corrected chi connectivity index (χ2v) is 9.24. The van der Waals surface area contributed by atoms with Crippen LogP contribution in [0.2, 0.25) is 0 Å². The Bertz CT molecular complexity index is 1470. The molecule has 2 N–H and O–H groups in total. The maximum atomic E-state index is 15.2. The third-order valence-corrected chi connectivity index (χ3v) is 6.67. The molecule has 0 amide bonds. The van der Waals surface area contributed by atoms with Crippen LogP contribution in [0.4, 0.5) is 4.39 Å². The van der Waals surface area contributed by atoms with Crippen molar-refractivity contribution in [3.8, 4) is 33.8 Å². The number of primary sulfonamides is 1. The smallest absolute Gasteiger partial charge is 0.240 e. The van der Waals surface area contributed by atoms with Gasteiger partial charge < -0.3 is 9.47 Å². The van der Waals surface area contributed by atoms with Crippen molar-refractivity contribution in [3.05, 3.63) is 102 Å². The second kappa shape index (κ2) is 8.03. The predicted molar refractivity (Wildman–Crippen MR) is 124 cm³/mol. The van der Waals surface area contributed by atoms with Gasteiger partial charge in [0.2, 0.25) is 10.0 Å². The average molecular weight is 462 g/mol. The van der Waals surface area contributed by atoms with E-state index in [0.717, 1.165) is 28.3 Å². The molecule has 166 valence electrons. The number of halogens is 1. The van der Waals surface area contributed by atoms with Crippen molar-refractivity contribution in [2.24, 2.45) is 5.14 Å². The molecule has 7 heteroatoms. The van der Waals surface area contributed by atoms with Crippen molar-refractivity contribution in [3.63, 3.8) is 0 Å². The Morgan fingerprint density at radius 2 is 1.67 bits per heavy atom. The van der Waals surface area contributed by atoms with Gasteiger partial charge in [-0.25, -0.2) is 17.9 Å². The minimum Gasteiger partial charge on any atom is -0.496 e. The third-order valence-electron chi connectivity index (χ3n) is 5.74. The van der Waals surface area contributed by atoms with Crippen LogP contribution >= 0.6 is 0 Å². The first-order chi connectivity index (χ1) is 15.9. The summed E-state index contributed by atoms with van der Waals surface area (Å²) in [6.07, 6.45) is -0.440. The number of fused-ring (bicyclic) bond motifs is 3. The first kappa shape index (κ1) is 21.2. The van der Waals surface area contributed by atoms with E-state index in [4.69, 9.17) is 14.6 Å². The first-order valence-corrected chi connectivity index (χ1v) is 11.8. The summed E-state index contributed by atoms with van der Waals surface area (Å²) in [7, 11) is -2.60. The Morgan fingerprint density at radius 1 is 0.909 bits per heavy atom. The highest BCUT2D eigenvalue weighted by Crippen LogP contribution is 2.49. The number of benzene rings is 4. The summed E-state index contributed by atoms with van der Waals surface area (Å²) < 4.78 is 50.8. The number of hydrogen-bond acceptors (Lipinski definition) is 4. The van der Waals surface area contributed by atoms with E-state index in [9.17, 15) is 8.42 Å². The average Bonchev–Trinajstić information content (AvgIpc) is 2.82. The highest BCUT2D eigenvalue weighted by atomic mass is 32.2. The van der Waals surface area contributed by atoms with Crippen LogP contribution in [-0.4, -0.2) is 15.5 Å². The van der Waals surface area contributed by atoms with Crippen LogP contribution in [0.25, 0.3) is 22.3 Å². The molecule has 0 bridgehead atoms. The summed E-state index contributed by atoms with van der Waals surface area (Å²) in [4.78, 5) is -0.541. The lowest BCUT2D eigenvalue weighted by Gasteiger charge is -2.30. The highest BCUT2D eigenvalue weighted by molar-refractivity contribution is 7.89. The molecule has 1 unspecified atom stereocenters. The molecule has 4 aromatic rings. The molecular formula is C26H20FNO4S. The Kier molecular flexibility index (Phi) is 5.15. The second-order valence-electron chi connectivity index (χ2n) is 7.71. The van der Waals surface area contributed by atoms with Crippen molar-refractivity contribution in [2.45, 2.75) is 11.0 Å². The van der Waals surface area contributed by atoms with Gasteiger partial charge >= 0.3 is 0 Å². The zero-order chi connectivity index (χ0) is 23.2. The van der Waals surface area contributed by atoms with Crippen molar-refractivity contribution in [2.75, 3.05) is 7.11 Å². The Balaban J connectivity index is 1.75. The van der Waals surface area contributed by atoms with Crippen LogP contribution in [0.5, 0.6) is 11.5 Å². The van der Waals surface area contributed by atoms with Crippen LogP contribution in [0, 0.1) is 5.82 Å². The molecule has 4 aromatic carbocycles. The maximum Gasteiger partial charge on any atom is 0.240 e. The fourth-order valence-electron chi connectivity index (χ4n) is 4.24. The predicted octanol–water partition coefficient (Wildman–Crippen LogP) is 5.30. The quantitative estimate of drug-likeness (QED) is 0.448. The molecule has 0 saturated heterocycles. The van der Waals surface area contributed by atoms with Crippen LogP contribution in [0.15, 0.2) is 89.8 Å². The Morgan fingerprint density at radius 3 is 2.39 bits per heavy atom. The highest BCUT2D eigenvalue weighted by Gasteiger charge is 2.30. The Labute approximate surface area is 191 Å². The SMILES string of the molecule is COc1cccc2c1-c1ccc(-c3cccc(S(N)(=O)=O)c3F)cc1C(c1ccccc1)O2. The molecule has 0 aromatic heterocycles. The van der Waals surface area contributed by atoms with Gasteiger partial charge in [-0.3, -0.25) is 0 Å². The van der Waals surface area contributed by atoms with E-state index in [1.165, 1.54) is 12.1 Å². The molecule has 0 aliphatic carbocycles. The van der Waals surface area contributed by atoms with Crippen LogP contribution in [0.3, 0.4) is 0 Å². The molecule has 1 atom stereocenters. The minimum absolute atomic E-state index is 0.141. The lowest BCUT2D eigenvalue weighted by Crippen LogP contribution is -2.16. The summed E-state index contributed by atoms with van der Waals surface area (Å²) >= 11 is 0. The molecule has 1 aliphatic heterocycles. The van der Waals surface area contributed by atoms with Gasteiger partial charge in [0.15, 0.2) is 5.82 Å². The number of nitrogens with two attached hydrogens (primary N) is 1. The molecular weight excluding hydrogens is 441 g/mol. The zero-order valence-electron chi connectivity index (χ0n) is 17.7. The van der Waals surface area contributed by atoms with E-state index in [1.54, 1.807) is 13.2 Å². The molecule has 5 rings (SSSR count). The van der Waals surface area contributed by atoms with Gasteiger partial charge in [-0.2, -0.15) is 0 Å². The molecule has 33 heavy (non-hydrogen) atoms. The van der Waals surface area contributed by atoms with E-state index in [0.29, 0.717) is 17.1 Å². The topological polar surface area (TPSA) is 78.6 Å². The lowest BCUT2D eigenvalue weighted by atomic mass is 9.87. The molecule has 1 aliphatic rings. The van der Waals surface area contributed by atoms with Crippen molar-refractivity contribution >= 4 is 10.0 Å². The van der Waals surface area contributed by atoms with Crippen LogP contribution in [0.1, 0.15) is 17.2 Å². The maximum absolute atomic E-state index is 15.2. The number of rotatable bonds is 4. The number of methoxy groups -OCH3 is 1. The van der Waals surface area contributed by atoms with Crippen LogP contribution < -0.4 is 14.6 Å². The van der Waals surface area contributed by atoms with E-state index < -0.39 is 26.8 Å². The van der Waals surface area contributed by atoms with E-state index in [1.807, 2.05) is 60.7 Å². The van der Waals surface area contributed by atoms with Gasteiger partial charge in [-0.05, 0) is 41.0 Å². The molecule has 0 saturated carbocycles. The summed E-state index contributed by atoms with van der Waals surface area (Å²) in [6, 6.07) is 25.0. The monoisotopic (exact) mass is 461 g/mol. The molecule has 1 heterocycles. The first-order valence-electron chi connectivity index (χ1n) is 10.2. The van der Waals surface area contributed by atoms with E-state index >= 15 is 4.39 Å². The van der Waals surface area contributed by atoms with Gasteiger partial charge in [0.05, 0.1) is 12.7 Å². The van der Waals surface area contributed by atoms with Crippen LogP contribution in [-0.2, 0) is 10.0 Å². The number of sulfonamides is 1. The lowest BCUT2D eigenvalue weighted by molar-refractivity contribution is 0.242. The minimum atomic E-state index is -4.20. The number of ether oxygens (including phenoxy) is 2. The van der Waals surface area contributed by atoms with Crippen molar-refractivity contribution in [1.82, 2.24) is 0 Å². The fraction of sp³-hybridized carbons (Fsp3) is 0.0769. The Hall–Kier alpha value is -3.68. The molecule has 0 spiro atoms. The van der Waals surface area contributed by atoms with E-state index in [2.05, 4.69) is 0 Å². The van der Waals surface area contributed by atoms with Gasteiger partial charge in [-0.1, -0.05) is 60.7 Å². The third kappa shape index (κ3) is 3.65. The standard InChI is InChI=1S/C26H20FNO4S/c1-31-21-10-6-11-22-24(21)19-14-13-17(18-9-5-12-23(25(18)27)33(28,29)30)15-20(19)26(32-22)16-7-3-2-4-8-16/h2-15,26H,1H3,(H2,28,29,30). The van der Waals surface area contributed by atoms with Crippen molar-refractivity contribution in [1.29, 1.82) is 0 Å². The van der Waals surface area contributed by atoms with E-state index in [-0.39, 0.29) is 5.56 Å². The largest absolute Gasteiger partial charge is 0.496 e. The van der Waals surface area contributed by atoms with Gasteiger partial charge in [0.25, 0.3) is 0 Å². The summed E-state index contributed by atoms with van der Waals surface area (Å²) in [5.41, 5.74) is 4.11. The summed E-state index contributed by atoms with van der Waals surface area (Å²) in [5, 5.41) is 5.20. The summed E-state index contributed by atoms with van der Waals surface area (Å²) in [6.45, 7) is 0. The summed E-state index contributed by atoms with van der Waals surface area (Å²) in [5.74, 6) is 0.465. The molecule has 0 radical (unpaired) electrons.